The fourth-order valence-electron chi connectivity index (χ4n) is 3.25. The van der Waals surface area contributed by atoms with Gasteiger partial charge in [0.1, 0.15) is 11.5 Å². The maximum Gasteiger partial charge on any atom is 0.237 e. The van der Waals surface area contributed by atoms with E-state index in [0.717, 1.165) is 17.3 Å². The number of aromatic nitrogens is 3. The van der Waals surface area contributed by atoms with Gasteiger partial charge in [-0.15, -0.1) is 10.2 Å². The molecule has 8 heteroatoms. The average Bonchev–Trinajstić information content (AvgIpc) is 3.22. The van der Waals surface area contributed by atoms with Gasteiger partial charge in [-0.05, 0) is 45.0 Å². The Kier molecular flexibility index (Phi) is 7.94. The number of hydrogen-bond donors (Lipinski definition) is 0. The van der Waals surface area contributed by atoms with E-state index in [1.54, 1.807) is 12.0 Å². The number of carbonyl (C=O) groups is 1. The summed E-state index contributed by atoms with van der Waals surface area (Å²) in [5.41, 5.74) is 0.897. The molecule has 1 amide bonds. The summed E-state index contributed by atoms with van der Waals surface area (Å²) in [4.78, 5) is 14.6. The van der Waals surface area contributed by atoms with Crippen molar-refractivity contribution < 1.29 is 14.3 Å². The first-order valence-electron chi connectivity index (χ1n) is 10.3. The number of carbonyl (C=O) groups excluding carboxylic acids is 1. The molecule has 1 heterocycles. The first-order valence-corrected chi connectivity index (χ1v) is 11.3. The average molecular weight is 441 g/mol. The van der Waals surface area contributed by atoms with Gasteiger partial charge in [0.2, 0.25) is 5.91 Å². The molecule has 31 heavy (non-hydrogen) atoms. The van der Waals surface area contributed by atoms with Gasteiger partial charge in [-0.1, -0.05) is 36.0 Å². The molecule has 0 fully saturated rings. The maximum absolute atomic E-state index is 12.8. The van der Waals surface area contributed by atoms with Crippen LogP contribution in [0.25, 0.3) is 0 Å². The van der Waals surface area contributed by atoms with Crippen LogP contribution in [0.2, 0.25) is 0 Å². The minimum Gasteiger partial charge on any atom is -0.497 e. The Hall–Kier alpha value is -3.00. The first-order chi connectivity index (χ1) is 15.1. The molecular weight excluding hydrogens is 412 g/mol. The van der Waals surface area contributed by atoms with Gasteiger partial charge in [0.05, 0.1) is 12.9 Å². The Bertz CT molecular complexity index is 993. The Morgan fingerprint density at radius 1 is 1.10 bits per heavy atom. The molecule has 0 aliphatic heterocycles. The SMILES string of the molecule is CCN(C(=O)CSc1nnc(C(C)Oc2cccc(OC)c2)n1CC)c1ccccc1. The van der Waals surface area contributed by atoms with E-state index in [-0.39, 0.29) is 17.8 Å². The van der Waals surface area contributed by atoms with Gasteiger partial charge in [0.15, 0.2) is 17.1 Å². The fourth-order valence-corrected chi connectivity index (χ4v) is 4.14. The minimum atomic E-state index is -0.305. The van der Waals surface area contributed by atoms with Crippen molar-refractivity contribution in [1.29, 1.82) is 0 Å². The van der Waals surface area contributed by atoms with Crippen molar-refractivity contribution in [3.05, 3.63) is 60.4 Å². The van der Waals surface area contributed by atoms with Crippen LogP contribution in [0.3, 0.4) is 0 Å². The lowest BCUT2D eigenvalue weighted by molar-refractivity contribution is -0.116. The lowest BCUT2D eigenvalue weighted by Gasteiger charge is -2.20. The van der Waals surface area contributed by atoms with E-state index in [1.807, 2.05) is 79.9 Å². The van der Waals surface area contributed by atoms with Crippen LogP contribution in [0.4, 0.5) is 5.69 Å². The largest absolute Gasteiger partial charge is 0.497 e. The van der Waals surface area contributed by atoms with E-state index in [4.69, 9.17) is 9.47 Å². The zero-order chi connectivity index (χ0) is 22.2. The van der Waals surface area contributed by atoms with Crippen molar-refractivity contribution in [3.8, 4) is 11.5 Å². The molecule has 0 spiro atoms. The van der Waals surface area contributed by atoms with E-state index in [2.05, 4.69) is 10.2 Å². The molecule has 0 radical (unpaired) electrons. The molecule has 2 aromatic carbocycles. The molecule has 164 valence electrons. The van der Waals surface area contributed by atoms with Crippen LogP contribution in [-0.4, -0.2) is 40.1 Å². The van der Waals surface area contributed by atoms with Crippen molar-refractivity contribution >= 4 is 23.4 Å². The number of amides is 1. The van der Waals surface area contributed by atoms with Crippen LogP contribution in [0.15, 0.2) is 59.8 Å². The van der Waals surface area contributed by atoms with Crippen molar-refractivity contribution in [2.75, 3.05) is 24.3 Å². The molecule has 0 saturated carbocycles. The third-order valence-electron chi connectivity index (χ3n) is 4.79. The van der Waals surface area contributed by atoms with Crippen LogP contribution in [0, 0.1) is 0 Å². The highest BCUT2D eigenvalue weighted by Gasteiger charge is 2.21. The molecule has 3 aromatic rings. The van der Waals surface area contributed by atoms with Gasteiger partial charge in [-0.3, -0.25) is 4.79 Å². The second-order valence-electron chi connectivity index (χ2n) is 6.79. The number of para-hydroxylation sites is 1. The number of thioether (sulfide) groups is 1. The lowest BCUT2D eigenvalue weighted by Crippen LogP contribution is -2.32. The van der Waals surface area contributed by atoms with Gasteiger partial charge >= 0.3 is 0 Å². The van der Waals surface area contributed by atoms with Crippen LogP contribution < -0.4 is 14.4 Å². The summed E-state index contributed by atoms with van der Waals surface area (Å²) in [6, 6.07) is 17.1. The topological polar surface area (TPSA) is 69.5 Å². The second-order valence-corrected chi connectivity index (χ2v) is 7.73. The van der Waals surface area contributed by atoms with E-state index >= 15 is 0 Å². The number of rotatable bonds is 10. The van der Waals surface area contributed by atoms with Crippen molar-refractivity contribution in [2.45, 2.75) is 38.6 Å². The number of ether oxygens (including phenoxy) is 2. The Morgan fingerprint density at radius 3 is 2.52 bits per heavy atom. The zero-order valence-electron chi connectivity index (χ0n) is 18.3. The molecule has 0 aliphatic carbocycles. The second kappa shape index (κ2) is 10.9. The van der Waals surface area contributed by atoms with Crippen molar-refractivity contribution in [3.63, 3.8) is 0 Å². The third-order valence-corrected chi connectivity index (χ3v) is 5.74. The Balaban J connectivity index is 1.68. The molecule has 0 bridgehead atoms. The molecular formula is C23H28N4O3S. The van der Waals surface area contributed by atoms with Gasteiger partial charge in [-0.2, -0.15) is 0 Å². The molecule has 0 aliphatic rings. The molecule has 0 N–H and O–H groups in total. The van der Waals surface area contributed by atoms with Crippen molar-refractivity contribution in [2.24, 2.45) is 0 Å². The predicted octanol–water partition coefficient (Wildman–Crippen LogP) is 4.59. The number of methoxy groups -OCH3 is 1. The standard InChI is InChI=1S/C23H28N4O3S/c1-5-26(18-11-8-7-9-12-18)21(28)16-31-23-25-24-22(27(23)6-2)17(3)30-20-14-10-13-19(15-20)29-4/h7-15,17H,5-6,16H2,1-4H3. The quantitative estimate of drug-likeness (QED) is 0.430. The zero-order valence-corrected chi connectivity index (χ0v) is 19.1. The summed E-state index contributed by atoms with van der Waals surface area (Å²) in [5, 5.41) is 9.36. The molecule has 3 rings (SSSR count). The summed E-state index contributed by atoms with van der Waals surface area (Å²) in [6.45, 7) is 7.23. The van der Waals surface area contributed by atoms with E-state index in [9.17, 15) is 4.79 Å². The first kappa shape index (κ1) is 22.7. The summed E-state index contributed by atoms with van der Waals surface area (Å²) < 4.78 is 13.3. The summed E-state index contributed by atoms with van der Waals surface area (Å²) in [6.07, 6.45) is -0.305. The third kappa shape index (κ3) is 5.58. The highest BCUT2D eigenvalue weighted by atomic mass is 32.2. The van der Waals surface area contributed by atoms with Gasteiger partial charge in [0, 0.05) is 24.8 Å². The summed E-state index contributed by atoms with van der Waals surface area (Å²) in [7, 11) is 1.62. The van der Waals surface area contributed by atoms with Crippen LogP contribution in [-0.2, 0) is 11.3 Å². The van der Waals surface area contributed by atoms with Crippen molar-refractivity contribution in [1.82, 2.24) is 14.8 Å². The van der Waals surface area contributed by atoms with E-state index < -0.39 is 0 Å². The fraction of sp³-hybridized carbons (Fsp3) is 0.348. The van der Waals surface area contributed by atoms with Crippen LogP contribution in [0.5, 0.6) is 11.5 Å². The summed E-state index contributed by atoms with van der Waals surface area (Å²) in [5.74, 6) is 2.47. The van der Waals surface area contributed by atoms with Gasteiger partial charge in [0.25, 0.3) is 0 Å². The predicted molar refractivity (Wildman–Crippen MR) is 123 cm³/mol. The van der Waals surface area contributed by atoms with Gasteiger partial charge < -0.3 is 18.9 Å². The number of benzene rings is 2. The van der Waals surface area contributed by atoms with Crippen LogP contribution in [0.1, 0.15) is 32.7 Å². The van der Waals surface area contributed by atoms with Crippen LogP contribution >= 0.6 is 11.8 Å². The molecule has 1 unspecified atom stereocenters. The molecule has 1 atom stereocenters. The number of hydrogen-bond acceptors (Lipinski definition) is 6. The lowest BCUT2D eigenvalue weighted by atomic mass is 10.3. The Labute approximate surface area is 187 Å². The summed E-state index contributed by atoms with van der Waals surface area (Å²) >= 11 is 1.39. The monoisotopic (exact) mass is 440 g/mol. The minimum absolute atomic E-state index is 0.0339. The number of anilines is 1. The maximum atomic E-state index is 12.8. The molecule has 1 aromatic heterocycles. The highest BCUT2D eigenvalue weighted by Crippen LogP contribution is 2.27. The highest BCUT2D eigenvalue weighted by molar-refractivity contribution is 7.99. The molecule has 0 saturated heterocycles. The van der Waals surface area contributed by atoms with E-state index in [0.29, 0.717) is 24.0 Å². The van der Waals surface area contributed by atoms with E-state index in [1.165, 1.54) is 11.8 Å². The normalized spacial score (nSPS) is 11.7. The number of nitrogens with zero attached hydrogens (tertiary/aromatic N) is 4. The van der Waals surface area contributed by atoms with Gasteiger partial charge in [-0.25, -0.2) is 0 Å². The molecule has 7 nitrogen and oxygen atoms in total. The Morgan fingerprint density at radius 2 is 1.84 bits per heavy atom. The smallest absolute Gasteiger partial charge is 0.237 e.